The molecule has 0 bridgehead atoms. The molecule has 0 spiro atoms. The van der Waals surface area contributed by atoms with E-state index in [0.717, 1.165) is 18.8 Å². The number of nitrogens with one attached hydrogen (secondary N) is 1. The molecule has 1 saturated heterocycles. The molecule has 4 aromatic rings. The van der Waals surface area contributed by atoms with E-state index >= 15 is 0 Å². The standard InChI is InChI=1S/C29H26ClN3O6/c1-37-29(36)39-28-24(18-31-27(35)19-7-10-21(11-8-19)32-13-15-38-16-14-32)26(34)23-12-9-20(30)17-25(23)33(28)22-5-3-2-4-6-22/h2-12,17H,13-16,18H2,1H3,(H,31,35). The third kappa shape index (κ3) is 5.59. The van der Waals surface area contributed by atoms with Crippen LogP contribution >= 0.6 is 11.6 Å². The molecule has 5 rings (SSSR count). The minimum Gasteiger partial charge on any atom is -0.437 e. The van der Waals surface area contributed by atoms with Crippen LogP contribution < -0.4 is 20.4 Å². The number of halogens is 1. The van der Waals surface area contributed by atoms with E-state index in [1.54, 1.807) is 47.0 Å². The number of anilines is 1. The molecule has 39 heavy (non-hydrogen) atoms. The zero-order valence-corrected chi connectivity index (χ0v) is 21.9. The average molecular weight is 548 g/mol. The van der Waals surface area contributed by atoms with Crippen LogP contribution in [0.5, 0.6) is 5.88 Å². The van der Waals surface area contributed by atoms with Crippen molar-refractivity contribution in [3.8, 4) is 11.6 Å². The molecule has 200 valence electrons. The summed E-state index contributed by atoms with van der Waals surface area (Å²) in [5.74, 6) is -0.454. The smallest absolute Gasteiger partial charge is 0.437 e. The molecule has 1 fully saturated rings. The molecule has 1 N–H and O–H groups in total. The van der Waals surface area contributed by atoms with E-state index in [9.17, 15) is 14.4 Å². The number of rotatable bonds is 6. The highest BCUT2D eigenvalue weighted by Crippen LogP contribution is 2.29. The lowest BCUT2D eigenvalue weighted by molar-refractivity contribution is 0.0950. The summed E-state index contributed by atoms with van der Waals surface area (Å²) in [6, 6.07) is 21.1. The first kappa shape index (κ1) is 26.3. The van der Waals surface area contributed by atoms with Gasteiger partial charge in [0.15, 0.2) is 5.43 Å². The number of hydrogen-bond acceptors (Lipinski definition) is 7. The lowest BCUT2D eigenvalue weighted by Gasteiger charge is -2.28. The van der Waals surface area contributed by atoms with E-state index in [4.69, 9.17) is 25.8 Å². The van der Waals surface area contributed by atoms with E-state index in [1.807, 2.05) is 30.3 Å². The molecule has 9 nitrogen and oxygen atoms in total. The van der Waals surface area contributed by atoms with Crippen molar-refractivity contribution in [3.05, 3.63) is 99.2 Å². The SMILES string of the molecule is COC(=O)Oc1c(CNC(=O)c2ccc(N3CCOCC3)cc2)c(=O)c2ccc(Cl)cc2n1-c1ccccc1. The van der Waals surface area contributed by atoms with Crippen LogP contribution in [0.1, 0.15) is 15.9 Å². The molecule has 0 saturated carbocycles. The summed E-state index contributed by atoms with van der Waals surface area (Å²) in [6.07, 6.45) is -1.01. The van der Waals surface area contributed by atoms with Crippen molar-refractivity contribution in [2.24, 2.45) is 0 Å². The van der Waals surface area contributed by atoms with Gasteiger partial charge in [-0.25, -0.2) is 4.79 Å². The summed E-state index contributed by atoms with van der Waals surface area (Å²) in [7, 11) is 1.17. The summed E-state index contributed by atoms with van der Waals surface area (Å²) in [6.45, 7) is 2.71. The Balaban J connectivity index is 1.52. The van der Waals surface area contributed by atoms with Gasteiger partial charge in [0, 0.05) is 40.4 Å². The number of nitrogens with zero attached hydrogens (tertiary/aromatic N) is 2. The quantitative estimate of drug-likeness (QED) is 0.353. The Hall–Kier alpha value is -4.34. The molecule has 0 unspecified atom stereocenters. The Bertz CT molecular complexity index is 1560. The third-order valence-electron chi connectivity index (χ3n) is 6.47. The Morgan fingerprint density at radius 3 is 2.38 bits per heavy atom. The van der Waals surface area contributed by atoms with Crippen LogP contribution in [0.2, 0.25) is 5.02 Å². The molecule has 3 aromatic carbocycles. The molecule has 0 aliphatic carbocycles. The number of benzene rings is 3. The van der Waals surface area contributed by atoms with E-state index in [2.05, 4.69) is 10.2 Å². The fraction of sp³-hybridized carbons (Fsp3) is 0.207. The molecule has 0 radical (unpaired) electrons. The normalized spacial score (nSPS) is 13.2. The number of para-hydroxylation sites is 1. The van der Waals surface area contributed by atoms with Crippen molar-refractivity contribution >= 4 is 40.3 Å². The lowest BCUT2D eigenvalue weighted by Crippen LogP contribution is -2.36. The van der Waals surface area contributed by atoms with Gasteiger partial charge >= 0.3 is 6.16 Å². The van der Waals surface area contributed by atoms with Crippen LogP contribution in [0.25, 0.3) is 16.6 Å². The van der Waals surface area contributed by atoms with Gasteiger partial charge in [0.1, 0.15) is 0 Å². The highest BCUT2D eigenvalue weighted by molar-refractivity contribution is 6.31. The largest absolute Gasteiger partial charge is 0.514 e. The van der Waals surface area contributed by atoms with Gasteiger partial charge in [0.2, 0.25) is 5.88 Å². The molecular weight excluding hydrogens is 522 g/mol. The number of pyridine rings is 1. The monoisotopic (exact) mass is 547 g/mol. The molecule has 1 aromatic heterocycles. The predicted octanol–water partition coefficient (Wildman–Crippen LogP) is 4.56. The number of aromatic nitrogens is 1. The van der Waals surface area contributed by atoms with Crippen LogP contribution in [0.15, 0.2) is 77.6 Å². The van der Waals surface area contributed by atoms with Crippen molar-refractivity contribution < 1.29 is 23.8 Å². The second-order valence-electron chi connectivity index (χ2n) is 8.83. The highest BCUT2D eigenvalue weighted by atomic mass is 35.5. The predicted molar refractivity (Wildman–Crippen MR) is 148 cm³/mol. The van der Waals surface area contributed by atoms with Gasteiger partial charge in [-0.05, 0) is 54.6 Å². The van der Waals surface area contributed by atoms with Crippen molar-refractivity contribution in [2.45, 2.75) is 6.54 Å². The van der Waals surface area contributed by atoms with Crippen molar-refractivity contribution in [1.29, 1.82) is 0 Å². The number of carbonyl (C=O) groups is 2. The maximum absolute atomic E-state index is 13.6. The summed E-state index contributed by atoms with van der Waals surface area (Å²) in [5.41, 5.74) is 2.16. The van der Waals surface area contributed by atoms with Crippen LogP contribution in [-0.2, 0) is 16.0 Å². The van der Waals surface area contributed by atoms with Crippen molar-refractivity contribution in [1.82, 2.24) is 9.88 Å². The second-order valence-corrected chi connectivity index (χ2v) is 9.27. The Morgan fingerprint density at radius 1 is 0.974 bits per heavy atom. The molecule has 1 amide bonds. The number of methoxy groups -OCH3 is 1. The first-order valence-electron chi connectivity index (χ1n) is 12.4. The molecule has 1 aliphatic rings. The Labute approximate surface area is 229 Å². The number of morpholine rings is 1. The zero-order chi connectivity index (χ0) is 27.4. The third-order valence-corrected chi connectivity index (χ3v) is 6.71. The molecule has 10 heteroatoms. The van der Waals surface area contributed by atoms with Crippen LogP contribution in [0.3, 0.4) is 0 Å². The van der Waals surface area contributed by atoms with E-state index in [0.29, 0.717) is 40.4 Å². The second kappa shape index (κ2) is 11.6. The number of hydrogen-bond donors (Lipinski definition) is 1. The van der Waals surface area contributed by atoms with Crippen molar-refractivity contribution in [2.75, 3.05) is 38.3 Å². The van der Waals surface area contributed by atoms with Crippen molar-refractivity contribution in [3.63, 3.8) is 0 Å². The van der Waals surface area contributed by atoms with E-state index in [1.165, 1.54) is 7.11 Å². The first-order chi connectivity index (χ1) is 19.0. The summed E-state index contributed by atoms with van der Waals surface area (Å²) in [5, 5.41) is 3.54. The summed E-state index contributed by atoms with van der Waals surface area (Å²) < 4.78 is 17.3. The van der Waals surface area contributed by atoms with E-state index < -0.39 is 11.6 Å². The molecule has 1 aliphatic heterocycles. The molecular formula is C29H26ClN3O6. The Kier molecular flexibility index (Phi) is 7.81. The fourth-order valence-electron chi connectivity index (χ4n) is 4.52. The molecule has 0 atom stereocenters. The van der Waals surface area contributed by atoms with Gasteiger partial charge in [-0.3, -0.25) is 14.2 Å². The summed E-state index contributed by atoms with van der Waals surface area (Å²) >= 11 is 6.27. The first-order valence-corrected chi connectivity index (χ1v) is 12.7. The minimum absolute atomic E-state index is 0.0733. The number of carbonyl (C=O) groups excluding carboxylic acids is 2. The van der Waals surface area contributed by atoms with Crippen LogP contribution in [0, 0.1) is 0 Å². The Morgan fingerprint density at radius 2 is 1.69 bits per heavy atom. The zero-order valence-electron chi connectivity index (χ0n) is 21.2. The topological polar surface area (TPSA) is 99.1 Å². The van der Waals surface area contributed by atoms with Crippen LogP contribution in [-0.4, -0.2) is 50.0 Å². The van der Waals surface area contributed by atoms with Gasteiger partial charge in [0.05, 0.1) is 37.9 Å². The van der Waals surface area contributed by atoms with Gasteiger partial charge in [0.25, 0.3) is 5.91 Å². The van der Waals surface area contributed by atoms with E-state index in [-0.39, 0.29) is 23.9 Å². The maximum Gasteiger partial charge on any atom is 0.514 e. The number of ether oxygens (including phenoxy) is 3. The lowest BCUT2D eigenvalue weighted by atomic mass is 10.1. The minimum atomic E-state index is -1.01. The van der Waals surface area contributed by atoms with Gasteiger partial charge < -0.3 is 24.4 Å². The van der Waals surface area contributed by atoms with Gasteiger partial charge in [-0.1, -0.05) is 29.8 Å². The molecule has 2 heterocycles. The summed E-state index contributed by atoms with van der Waals surface area (Å²) in [4.78, 5) is 41.2. The average Bonchev–Trinajstić information content (AvgIpc) is 2.97. The highest BCUT2D eigenvalue weighted by Gasteiger charge is 2.23. The van der Waals surface area contributed by atoms with Gasteiger partial charge in [-0.2, -0.15) is 0 Å². The maximum atomic E-state index is 13.6. The van der Waals surface area contributed by atoms with Gasteiger partial charge in [-0.15, -0.1) is 0 Å². The number of fused-ring (bicyclic) bond motifs is 1. The number of amides is 1. The van der Waals surface area contributed by atoms with Crippen LogP contribution in [0.4, 0.5) is 10.5 Å². The fourth-order valence-corrected chi connectivity index (χ4v) is 4.69.